The van der Waals surface area contributed by atoms with Crippen molar-refractivity contribution in [3.63, 3.8) is 0 Å². The van der Waals surface area contributed by atoms with Gasteiger partial charge in [0.1, 0.15) is 5.75 Å². The Morgan fingerprint density at radius 3 is 1.95 bits per heavy atom. The Labute approximate surface area is 122 Å². The van der Waals surface area contributed by atoms with Crippen molar-refractivity contribution in [3.05, 3.63) is 41.0 Å². The van der Waals surface area contributed by atoms with Gasteiger partial charge in [-0.25, -0.2) is 0 Å². The molecule has 108 valence electrons. The van der Waals surface area contributed by atoms with Gasteiger partial charge in [-0.3, -0.25) is 0 Å². The summed E-state index contributed by atoms with van der Waals surface area (Å²) >= 11 is 0. The lowest BCUT2D eigenvalue weighted by atomic mass is 9.81. The highest BCUT2D eigenvalue weighted by Gasteiger charge is 2.22. The fourth-order valence-electron chi connectivity index (χ4n) is 2.62. The van der Waals surface area contributed by atoms with Gasteiger partial charge in [0.05, 0.1) is 0 Å². The van der Waals surface area contributed by atoms with Crippen LogP contribution in [0, 0.1) is 6.92 Å². The first-order chi connectivity index (χ1) is 9.01. The number of aromatic hydroxyl groups is 1. The number of phenols is 1. The highest BCUT2D eigenvalue weighted by atomic mass is 16.3. The summed E-state index contributed by atoms with van der Waals surface area (Å²) in [5, 5.41) is 12.8. The van der Waals surface area contributed by atoms with Crippen LogP contribution in [0.3, 0.4) is 0 Å². The molecule has 0 amide bonds. The Hall–Kier alpha value is -1.50. The Morgan fingerprint density at radius 1 is 0.850 bits per heavy atom. The molecule has 0 bridgehead atoms. The smallest absolute Gasteiger partial charge is 0.122 e. The zero-order chi connectivity index (χ0) is 15.3. The zero-order valence-electron chi connectivity index (χ0n) is 13.8. The molecule has 0 fully saturated rings. The van der Waals surface area contributed by atoms with E-state index in [-0.39, 0.29) is 10.8 Å². The van der Waals surface area contributed by atoms with Crippen molar-refractivity contribution in [2.45, 2.75) is 59.3 Å². The number of aryl methyl sites for hydroxylation is 1. The topological polar surface area (TPSA) is 20.2 Å². The number of hydrogen-bond donors (Lipinski definition) is 1. The van der Waals surface area contributed by atoms with E-state index in [4.69, 9.17) is 0 Å². The third-order valence-electron chi connectivity index (χ3n) is 4.04. The molecule has 20 heavy (non-hydrogen) atoms. The number of benzene rings is 2. The third kappa shape index (κ3) is 2.54. The zero-order valence-corrected chi connectivity index (χ0v) is 13.8. The summed E-state index contributed by atoms with van der Waals surface area (Å²) in [6.45, 7) is 15.1. The lowest BCUT2D eigenvalue weighted by Crippen LogP contribution is -2.13. The maximum Gasteiger partial charge on any atom is 0.122 e. The molecule has 1 heteroatoms. The minimum absolute atomic E-state index is 0.0548. The molecular weight excluding hydrogens is 244 g/mol. The van der Waals surface area contributed by atoms with Crippen molar-refractivity contribution in [2.75, 3.05) is 0 Å². The van der Waals surface area contributed by atoms with Gasteiger partial charge in [0, 0.05) is 5.56 Å². The minimum Gasteiger partial charge on any atom is -0.507 e. The van der Waals surface area contributed by atoms with E-state index in [9.17, 15) is 5.11 Å². The van der Waals surface area contributed by atoms with Crippen LogP contribution >= 0.6 is 0 Å². The molecule has 0 saturated carbocycles. The fraction of sp³-hybridized carbons (Fsp3) is 0.474. The van der Waals surface area contributed by atoms with Crippen LogP contribution in [0.4, 0.5) is 0 Å². The van der Waals surface area contributed by atoms with Gasteiger partial charge in [0.25, 0.3) is 0 Å². The largest absolute Gasteiger partial charge is 0.507 e. The predicted octanol–water partition coefficient (Wildman–Crippen LogP) is 5.45. The summed E-state index contributed by atoms with van der Waals surface area (Å²) in [5.41, 5.74) is 3.42. The Bertz CT molecular complexity index is 652. The first-order valence-electron chi connectivity index (χ1n) is 7.29. The summed E-state index contributed by atoms with van der Waals surface area (Å²) in [6.07, 6.45) is 0. The van der Waals surface area contributed by atoms with Gasteiger partial charge in [-0.1, -0.05) is 59.7 Å². The molecular formula is C19H26O. The minimum atomic E-state index is -0.0548. The highest BCUT2D eigenvalue weighted by Crippen LogP contribution is 2.38. The molecule has 0 radical (unpaired) electrons. The van der Waals surface area contributed by atoms with Gasteiger partial charge < -0.3 is 5.11 Å². The molecule has 2 rings (SSSR count). The van der Waals surface area contributed by atoms with Crippen LogP contribution in [0.25, 0.3) is 10.8 Å². The number of hydrogen-bond acceptors (Lipinski definition) is 1. The summed E-state index contributed by atoms with van der Waals surface area (Å²) < 4.78 is 0. The molecule has 0 aromatic heterocycles. The molecule has 1 nitrogen and oxygen atoms in total. The first kappa shape index (κ1) is 14.9. The van der Waals surface area contributed by atoms with Crippen molar-refractivity contribution in [1.82, 2.24) is 0 Å². The van der Waals surface area contributed by atoms with Crippen molar-refractivity contribution in [1.29, 1.82) is 0 Å². The first-order valence-corrected chi connectivity index (χ1v) is 7.29. The Balaban J connectivity index is 2.79. The van der Waals surface area contributed by atoms with Crippen LogP contribution in [0.2, 0.25) is 0 Å². The molecule has 0 unspecified atom stereocenters. The van der Waals surface area contributed by atoms with Gasteiger partial charge in [-0.2, -0.15) is 0 Å². The van der Waals surface area contributed by atoms with E-state index < -0.39 is 0 Å². The monoisotopic (exact) mass is 270 g/mol. The average Bonchev–Trinajstić information content (AvgIpc) is 2.30. The van der Waals surface area contributed by atoms with E-state index in [1.807, 2.05) is 6.92 Å². The number of phenolic OH excluding ortho intramolecular Hbond substituents is 1. The van der Waals surface area contributed by atoms with Crippen molar-refractivity contribution >= 4 is 10.8 Å². The quantitative estimate of drug-likeness (QED) is 0.675. The van der Waals surface area contributed by atoms with Gasteiger partial charge in [-0.15, -0.1) is 0 Å². The molecule has 0 spiro atoms. The predicted molar refractivity (Wildman–Crippen MR) is 87.7 cm³/mol. The van der Waals surface area contributed by atoms with Crippen LogP contribution in [0.5, 0.6) is 5.75 Å². The molecule has 0 saturated heterocycles. The lowest BCUT2D eigenvalue weighted by Gasteiger charge is -2.24. The van der Waals surface area contributed by atoms with Gasteiger partial charge in [0.2, 0.25) is 0 Å². The fourth-order valence-corrected chi connectivity index (χ4v) is 2.62. The normalized spacial score (nSPS) is 12.9. The van der Waals surface area contributed by atoms with Crippen molar-refractivity contribution in [2.24, 2.45) is 0 Å². The molecule has 0 atom stereocenters. The summed E-state index contributed by atoms with van der Waals surface area (Å²) in [5.74, 6) is 0.438. The molecule has 2 aromatic carbocycles. The van der Waals surface area contributed by atoms with Crippen molar-refractivity contribution in [3.8, 4) is 5.75 Å². The van der Waals surface area contributed by atoms with E-state index in [0.29, 0.717) is 5.75 Å². The molecule has 0 heterocycles. The maximum atomic E-state index is 10.5. The molecule has 1 N–H and O–H groups in total. The molecule has 0 aliphatic carbocycles. The highest BCUT2D eigenvalue weighted by molar-refractivity contribution is 5.89. The van der Waals surface area contributed by atoms with Crippen LogP contribution in [-0.4, -0.2) is 5.11 Å². The number of fused-ring (bicyclic) bond motifs is 1. The van der Waals surface area contributed by atoms with E-state index in [2.05, 4.69) is 65.8 Å². The second-order valence-electron chi connectivity index (χ2n) is 7.83. The Kier molecular flexibility index (Phi) is 3.36. The summed E-state index contributed by atoms with van der Waals surface area (Å²) in [7, 11) is 0. The number of rotatable bonds is 0. The van der Waals surface area contributed by atoms with Crippen molar-refractivity contribution < 1.29 is 5.11 Å². The van der Waals surface area contributed by atoms with Gasteiger partial charge >= 0.3 is 0 Å². The molecule has 0 aliphatic rings. The third-order valence-corrected chi connectivity index (χ3v) is 4.04. The molecule has 2 aromatic rings. The second kappa shape index (κ2) is 4.51. The lowest BCUT2D eigenvalue weighted by molar-refractivity contribution is 0.444. The van der Waals surface area contributed by atoms with E-state index >= 15 is 0 Å². The van der Waals surface area contributed by atoms with Crippen LogP contribution in [0.15, 0.2) is 24.3 Å². The summed E-state index contributed by atoms with van der Waals surface area (Å²) in [4.78, 5) is 0. The van der Waals surface area contributed by atoms with Gasteiger partial charge in [0.15, 0.2) is 0 Å². The van der Waals surface area contributed by atoms with E-state index in [1.165, 1.54) is 10.9 Å². The van der Waals surface area contributed by atoms with E-state index in [1.54, 1.807) is 0 Å². The second-order valence-corrected chi connectivity index (χ2v) is 7.83. The average molecular weight is 270 g/mol. The van der Waals surface area contributed by atoms with E-state index in [0.717, 1.165) is 16.5 Å². The summed E-state index contributed by atoms with van der Waals surface area (Å²) in [6, 6.07) is 8.72. The van der Waals surface area contributed by atoms with Crippen LogP contribution in [0.1, 0.15) is 58.2 Å². The SMILES string of the molecule is Cc1c(O)c(C(C)(C)C)cc2cc(C(C)(C)C)ccc12. The standard InChI is InChI=1S/C19H26O/c1-12-15-9-8-14(18(2,3)4)10-13(15)11-16(17(12)20)19(5,6)7/h8-11,20H,1-7H3. The van der Waals surface area contributed by atoms with Crippen LogP contribution < -0.4 is 0 Å². The molecule has 0 aliphatic heterocycles. The van der Waals surface area contributed by atoms with Crippen LogP contribution in [-0.2, 0) is 10.8 Å². The van der Waals surface area contributed by atoms with Gasteiger partial charge in [-0.05, 0) is 45.7 Å². The Morgan fingerprint density at radius 2 is 1.45 bits per heavy atom. The maximum absolute atomic E-state index is 10.5.